The number of aliphatic hydroxyl groups is 1. The molecule has 0 unspecified atom stereocenters. The molecular formula is C13H17N3O2. The maximum absolute atomic E-state index is 12.0. The lowest BCUT2D eigenvalue weighted by atomic mass is 10.1. The highest BCUT2D eigenvalue weighted by Gasteiger charge is 2.11. The van der Waals surface area contributed by atoms with Crippen molar-refractivity contribution < 1.29 is 9.90 Å². The first-order chi connectivity index (χ1) is 8.72. The zero-order valence-electron chi connectivity index (χ0n) is 10.1. The Bertz CT molecular complexity index is 548. The standard InChI is InChI=1S/C13H17N3O2/c14-9-3-4-12-10(7-9)11(8-16-12)13(18)15-5-1-2-6-17/h3-4,7-8,16-17H,1-2,5-6,14H2,(H,15,18). The van der Waals surface area contributed by atoms with Gasteiger partial charge in [-0.1, -0.05) is 0 Å². The third-order valence-corrected chi connectivity index (χ3v) is 2.82. The fourth-order valence-corrected chi connectivity index (χ4v) is 1.86. The van der Waals surface area contributed by atoms with E-state index in [0.29, 0.717) is 24.2 Å². The summed E-state index contributed by atoms with van der Waals surface area (Å²) in [5, 5.41) is 12.3. The van der Waals surface area contributed by atoms with E-state index in [1.807, 2.05) is 6.07 Å². The second-order valence-electron chi connectivity index (χ2n) is 4.19. The van der Waals surface area contributed by atoms with Crippen molar-refractivity contribution in [2.24, 2.45) is 0 Å². The summed E-state index contributed by atoms with van der Waals surface area (Å²) in [5.41, 5.74) is 7.85. The van der Waals surface area contributed by atoms with Crippen molar-refractivity contribution >= 4 is 22.5 Å². The number of carbonyl (C=O) groups is 1. The zero-order valence-corrected chi connectivity index (χ0v) is 10.1. The van der Waals surface area contributed by atoms with Gasteiger partial charge in [0.25, 0.3) is 5.91 Å². The minimum atomic E-state index is -0.121. The summed E-state index contributed by atoms with van der Waals surface area (Å²) in [7, 11) is 0. The van der Waals surface area contributed by atoms with Gasteiger partial charge in [-0.25, -0.2) is 0 Å². The highest BCUT2D eigenvalue weighted by Crippen LogP contribution is 2.20. The number of nitrogens with two attached hydrogens (primary N) is 1. The molecule has 2 rings (SSSR count). The fourth-order valence-electron chi connectivity index (χ4n) is 1.86. The minimum absolute atomic E-state index is 0.121. The number of fused-ring (bicyclic) bond motifs is 1. The number of amides is 1. The summed E-state index contributed by atoms with van der Waals surface area (Å²) in [5.74, 6) is -0.121. The Morgan fingerprint density at radius 1 is 1.39 bits per heavy atom. The number of nitrogen functional groups attached to an aromatic ring is 1. The number of aliphatic hydroxyl groups excluding tert-OH is 1. The number of nitrogens with one attached hydrogen (secondary N) is 2. The van der Waals surface area contributed by atoms with Crippen LogP contribution in [0.25, 0.3) is 10.9 Å². The third kappa shape index (κ3) is 2.62. The minimum Gasteiger partial charge on any atom is -0.399 e. The molecule has 0 saturated heterocycles. The first-order valence-corrected chi connectivity index (χ1v) is 5.98. The van der Waals surface area contributed by atoms with Crippen LogP contribution in [0.5, 0.6) is 0 Å². The first kappa shape index (κ1) is 12.4. The van der Waals surface area contributed by atoms with E-state index in [1.54, 1.807) is 18.3 Å². The Hall–Kier alpha value is -2.01. The molecule has 0 atom stereocenters. The normalized spacial score (nSPS) is 10.7. The number of hydrogen-bond donors (Lipinski definition) is 4. The van der Waals surface area contributed by atoms with Gasteiger partial charge < -0.3 is 21.1 Å². The van der Waals surface area contributed by atoms with Crippen molar-refractivity contribution in [1.29, 1.82) is 0 Å². The number of rotatable bonds is 5. The van der Waals surface area contributed by atoms with E-state index in [4.69, 9.17) is 10.8 Å². The number of anilines is 1. The highest BCUT2D eigenvalue weighted by molar-refractivity contribution is 6.07. The van der Waals surface area contributed by atoms with Crippen LogP contribution in [0.3, 0.4) is 0 Å². The van der Waals surface area contributed by atoms with Crippen LogP contribution >= 0.6 is 0 Å². The van der Waals surface area contributed by atoms with Gasteiger partial charge in [0, 0.05) is 35.9 Å². The fraction of sp³-hybridized carbons (Fsp3) is 0.308. The smallest absolute Gasteiger partial charge is 0.253 e. The summed E-state index contributed by atoms with van der Waals surface area (Å²) < 4.78 is 0. The molecule has 5 N–H and O–H groups in total. The lowest BCUT2D eigenvalue weighted by Gasteiger charge is -2.03. The Labute approximate surface area is 105 Å². The van der Waals surface area contributed by atoms with E-state index < -0.39 is 0 Å². The topological polar surface area (TPSA) is 91.1 Å². The van der Waals surface area contributed by atoms with Crippen molar-refractivity contribution in [1.82, 2.24) is 10.3 Å². The molecule has 1 aromatic heterocycles. The average molecular weight is 247 g/mol. The van der Waals surface area contributed by atoms with E-state index in [2.05, 4.69) is 10.3 Å². The number of carbonyl (C=O) groups excluding carboxylic acids is 1. The predicted molar refractivity (Wildman–Crippen MR) is 71.4 cm³/mol. The van der Waals surface area contributed by atoms with E-state index in [9.17, 15) is 4.79 Å². The second-order valence-corrected chi connectivity index (χ2v) is 4.19. The number of unbranched alkanes of at least 4 members (excludes halogenated alkanes) is 1. The van der Waals surface area contributed by atoms with Gasteiger partial charge in [-0.05, 0) is 31.0 Å². The van der Waals surface area contributed by atoms with Crippen molar-refractivity contribution in [3.05, 3.63) is 30.0 Å². The van der Waals surface area contributed by atoms with E-state index in [0.717, 1.165) is 17.3 Å². The summed E-state index contributed by atoms with van der Waals surface area (Å²) in [6.07, 6.45) is 3.15. The van der Waals surface area contributed by atoms with Crippen LogP contribution in [0.1, 0.15) is 23.2 Å². The molecule has 1 amide bonds. The van der Waals surface area contributed by atoms with Crippen LogP contribution in [-0.2, 0) is 0 Å². The molecule has 0 saturated carbocycles. The molecule has 5 nitrogen and oxygen atoms in total. The molecule has 0 bridgehead atoms. The molecule has 5 heteroatoms. The van der Waals surface area contributed by atoms with Crippen molar-refractivity contribution in [3.8, 4) is 0 Å². The van der Waals surface area contributed by atoms with Gasteiger partial charge in [0.2, 0.25) is 0 Å². The molecule has 18 heavy (non-hydrogen) atoms. The largest absolute Gasteiger partial charge is 0.399 e. The summed E-state index contributed by atoms with van der Waals surface area (Å²) in [6, 6.07) is 5.43. The zero-order chi connectivity index (χ0) is 13.0. The molecule has 0 fully saturated rings. The predicted octanol–water partition coefficient (Wildman–Crippen LogP) is 1.25. The molecule has 0 aliphatic rings. The van der Waals surface area contributed by atoms with Gasteiger partial charge in [-0.3, -0.25) is 4.79 Å². The van der Waals surface area contributed by atoms with Crippen LogP contribution in [0, 0.1) is 0 Å². The number of H-pyrrole nitrogens is 1. The van der Waals surface area contributed by atoms with Crippen molar-refractivity contribution in [2.45, 2.75) is 12.8 Å². The second kappa shape index (κ2) is 5.55. The van der Waals surface area contributed by atoms with Crippen LogP contribution in [-0.4, -0.2) is 29.1 Å². The Balaban J connectivity index is 2.10. The van der Waals surface area contributed by atoms with Gasteiger partial charge >= 0.3 is 0 Å². The third-order valence-electron chi connectivity index (χ3n) is 2.82. The number of benzene rings is 1. The number of aromatic amines is 1. The average Bonchev–Trinajstić information content (AvgIpc) is 2.77. The van der Waals surface area contributed by atoms with Gasteiger partial charge in [0.1, 0.15) is 0 Å². The molecule has 2 aromatic rings. The highest BCUT2D eigenvalue weighted by atomic mass is 16.2. The monoisotopic (exact) mass is 247 g/mol. The first-order valence-electron chi connectivity index (χ1n) is 5.98. The summed E-state index contributed by atoms with van der Waals surface area (Å²) in [6.45, 7) is 0.716. The number of aromatic nitrogens is 1. The van der Waals surface area contributed by atoms with Crippen LogP contribution in [0.4, 0.5) is 5.69 Å². The van der Waals surface area contributed by atoms with E-state index >= 15 is 0 Å². The van der Waals surface area contributed by atoms with Crippen LogP contribution < -0.4 is 11.1 Å². The Kier molecular flexibility index (Phi) is 3.84. The quantitative estimate of drug-likeness (QED) is 0.473. The summed E-state index contributed by atoms with van der Waals surface area (Å²) in [4.78, 5) is 15.0. The lowest BCUT2D eigenvalue weighted by molar-refractivity contribution is 0.0954. The molecule has 1 aromatic carbocycles. The van der Waals surface area contributed by atoms with Gasteiger partial charge in [0.15, 0.2) is 0 Å². The Morgan fingerprint density at radius 3 is 3.00 bits per heavy atom. The molecule has 0 aliphatic heterocycles. The van der Waals surface area contributed by atoms with E-state index in [-0.39, 0.29) is 12.5 Å². The van der Waals surface area contributed by atoms with Crippen molar-refractivity contribution in [3.63, 3.8) is 0 Å². The van der Waals surface area contributed by atoms with Gasteiger partial charge in [-0.2, -0.15) is 0 Å². The van der Waals surface area contributed by atoms with Crippen LogP contribution in [0.2, 0.25) is 0 Å². The molecule has 96 valence electrons. The van der Waals surface area contributed by atoms with Gasteiger partial charge in [-0.15, -0.1) is 0 Å². The SMILES string of the molecule is Nc1ccc2[nH]cc(C(=O)NCCCCO)c2c1. The Morgan fingerprint density at radius 2 is 2.22 bits per heavy atom. The molecule has 0 aliphatic carbocycles. The van der Waals surface area contributed by atoms with Crippen molar-refractivity contribution in [2.75, 3.05) is 18.9 Å². The van der Waals surface area contributed by atoms with Gasteiger partial charge in [0.05, 0.1) is 5.56 Å². The molecule has 1 heterocycles. The molecular weight excluding hydrogens is 230 g/mol. The molecule has 0 radical (unpaired) electrons. The summed E-state index contributed by atoms with van der Waals surface area (Å²) >= 11 is 0. The van der Waals surface area contributed by atoms with E-state index in [1.165, 1.54) is 0 Å². The molecule has 0 spiro atoms. The maximum Gasteiger partial charge on any atom is 0.253 e. The van der Waals surface area contributed by atoms with Crippen LogP contribution in [0.15, 0.2) is 24.4 Å². The lowest BCUT2D eigenvalue weighted by Crippen LogP contribution is -2.24. The number of hydrogen-bond acceptors (Lipinski definition) is 3. The maximum atomic E-state index is 12.0.